The Kier molecular flexibility index (Phi) is 8.59. The average molecular weight is 598 g/mol. The predicted molar refractivity (Wildman–Crippen MR) is 163 cm³/mol. The van der Waals surface area contributed by atoms with Crippen LogP contribution in [0.2, 0.25) is 5.04 Å². The zero-order chi connectivity index (χ0) is 30.1. The van der Waals surface area contributed by atoms with Crippen molar-refractivity contribution in [2.75, 3.05) is 23.8 Å². The summed E-state index contributed by atoms with van der Waals surface area (Å²) >= 11 is 0. The third kappa shape index (κ3) is 7.12. The molecule has 0 N–H and O–H groups in total. The maximum absolute atomic E-state index is 13.5. The first kappa shape index (κ1) is 30.6. The number of amides is 1. The highest BCUT2D eigenvalue weighted by atomic mass is 32.2. The molecule has 1 fully saturated rings. The molecule has 1 aliphatic rings. The molecule has 1 saturated heterocycles. The molecule has 1 amide bonds. The smallest absolute Gasteiger partial charge is 0.429 e. The fraction of sp³-hybridized carbons (Fsp3) is 0.387. The van der Waals surface area contributed by atoms with E-state index in [1.807, 2.05) is 60.7 Å². The minimum atomic E-state index is -4.15. The van der Waals surface area contributed by atoms with Gasteiger partial charge in [-0.25, -0.2) is 13.2 Å². The van der Waals surface area contributed by atoms with Gasteiger partial charge in [0.15, 0.2) is 0 Å². The number of benzene rings is 3. The Bertz CT molecular complexity index is 1420. The van der Waals surface area contributed by atoms with Crippen LogP contribution in [0.15, 0.2) is 78.9 Å². The van der Waals surface area contributed by atoms with Crippen LogP contribution in [-0.2, 0) is 19.5 Å². The summed E-state index contributed by atoms with van der Waals surface area (Å²) in [7, 11) is -7.34. The number of carbonyl (C=O) groups excluding carboxylic acids is 1. The maximum Gasteiger partial charge on any atom is 0.429 e. The van der Waals surface area contributed by atoms with Crippen molar-refractivity contribution in [1.29, 1.82) is 0 Å². The first-order chi connectivity index (χ1) is 19.1. The first-order valence-corrected chi connectivity index (χ1v) is 17.3. The highest BCUT2D eigenvalue weighted by Gasteiger charge is 2.52. The largest absolute Gasteiger partial charge is 0.533 e. The Morgan fingerprint density at radius 3 is 1.90 bits per heavy atom. The van der Waals surface area contributed by atoms with E-state index in [2.05, 4.69) is 20.8 Å². The van der Waals surface area contributed by atoms with E-state index in [1.165, 1.54) is 6.07 Å². The molecule has 41 heavy (non-hydrogen) atoms. The van der Waals surface area contributed by atoms with E-state index in [9.17, 15) is 13.2 Å². The van der Waals surface area contributed by atoms with Gasteiger partial charge in [-0.1, -0.05) is 81.4 Å². The molecule has 8 nitrogen and oxygen atoms in total. The summed E-state index contributed by atoms with van der Waals surface area (Å²) in [6.45, 7) is 12.3. The summed E-state index contributed by atoms with van der Waals surface area (Å²) in [5.74, 6) is 0.605. The number of carbonyl (C=O) groups is 1. The van der Waals surface area contributed by atoms with E-state index in [0.29, 0.717) is 23.3 Å². The Morgan fingerprint density at radius 1 is 0.927 bits per heavy atom. The second-order valence-corrected chi connectivity index (χ2v) is 18.2. The lowest BCUT2D eigenvalue weighted by atomic mass is 10.2. The molecule has 1 atom stereocenters. The summed E-state index contributed by atoms with van der Waals surface area (Å²) in [5.41, 5.74) is -0.917. The van der Waals surface area contributed by atoms with Gasteiger partial charge in [-0.15, -0.1) is 0 Å². The molecule has 0 saturated carbocycles. The summed E-state index contributed by atoms with van der Waals surface area (Å²) in [4.78, 5) is 13.5. The number of rotatable bonds is 9. The number of ether oxygens (including phenoxy) is 3. The number of nitrogens with zero attached hydrogens (tertiary/aromatic N) is 1. The van der Waals surface area contributed by atoms with Crippen molar-refractivity contribution in [3.63, 3.8) is 0 Å². The van der Waals surface area contributed by atoms with E-state index in [4.69, 9.17) is 18.6 Å². The third-order valence-corrected chi connectivity index (χ3v) is 12.5. The SMILES string of the molecule is CC(C)(C)OC(=O)N(c1cc(OC[C@@H]2CO2)ccc1O[Si](c1ccccc1)(c1ccccc1)C(C)(C)C)S(C)(=O)=O. The number of anilines is 1. The molecule has 0 spiro atoms. The van der Waals surface area contributed by atoms with Gasteiger partial charge in [-0.2, -0.15) is 4.31 Å². The molecule has 1 heterocycles. The fourth-order valence-electron chi connectivity index (χ4n) is 4.72. The number of hydrogen-bond acceptors (Lipinski definition) is 7. The van der Waals surface area contributed by atoms with Crippen LogP contribution in [0.4, 0.5) is 10.5 Å². The van der Waals surface area contributed by atoms with Crippen molar-refractivity contribution in [2.45, 2.75) is 58.3 Å². The van der Waals surface area contributed by atoms with Crippen LogP contribution in [-0.4, -0.2) is 54.0 Å². The average Bonchev–Trinajstić information content (AvgIpc) is 3.70. The fourth-order valence-corrected chi connectivity index (χ4v) is 9.96. The third-order valence-electron chi connectivity index (χ3n) is 6.56. The van der Waals surface area contributed by atoms with Crippen LogP contribution in [0.5, 0.6) is 11.5 Å². The molecular formula is C31H39NO7SSi. The second kappa shape index (κ2) is 11.5. The number of hydrogen-bond donors (Lipinski definition) is 0. The minimum absolute atomic E-state index is 0.0108. The molecule has 1 aliphatic heterocycles. The van der Waals surface area contributed by atoms with Gasteiger partial charge in [0.1, 0.15) is 35.5 Å². The number of epoxide rings is 1. The van der Waals surface area contributed by atoms with Gasteiger partial charge >= 0.3 is 14.4 Å². The van der Waals surface area contributed by atoms with Gasteiger partial charge in [-0.3, -0.25) is 0 Å². The number of sulfonamides is 1. The van der Waals surface area contributed by atoms with Crippen LogP contribution >= 0.6 is 0 Å². The normalized spacial score (nSPS) is 15.6. The monoisotopic (exact) mass is 597 g/mol. The van der Waals surface area contributed by atoms with Gasteiger partial charge in [-0.05, 0) is 48.3 Å². The summed E-state index contributed by atoms with van der Waals surface area (Å²) in [6.07, 6.45) is -0.0759. The Balaban J connectivity index is 1.95. The molecule has 4 rings (SSSR count). The molecule has 0 bridgehead atoms. The van der Waals surface area contributed by atoms with Crippen LogP contribution < -0.4 is 23.8 Å². The zero-order valence-corrected chi connectivity index (χ0v) is 26.5. The van der Waals surface area contributed by atoms with Crippen LogP contribution in [0.1, 0.15) is 41.5 Å². The second-order valence-electron chi connectivity index (χ2n) is 12.2. The first-order valence-electron chi connectivity index (χ1n) is 13.5. The highest BCUT2D eigenvalue weighted by molar-refractivity contribution is 7.92. The van der Waals surface area contributed by atoms with Crippen molar-refractivity contribution in [1.82, 2.24) is 0 Å². The standard InChI is InChI=1S/C31H39NO7SSi/c1-30(2,3)38-29(33)32(40(7,34)35)27-20-23(36-21-24-22-37-24)18-19-28(27)39-41(31(4,5)6,25-14-10-8-11-15-25)26-16-12-9-13-17-26/h8-20,24H,21-22H2,1-7H3/t24-/m1/s1. The molecule has 10 heteroatoms. The molecule has 0 aromatic heterocycles. The molecular weight excluding hydrogens is 558 g/mol. The van der Waals surface area contributed by atoms with Gasteiger partial charge < -0.3 is 18.6 Å². The van der Waals surface area contributed by atoms with E-state index < -0.39 is 35.1 Å². The van der Waals surface area contributed by atoms with Crippen molar-refractivity contribution in [3.05, 3.63) is 78.9 Å². The lowest BCUT2D eigenvalue weighted by Gasteiger charge is -2.43. The Morgan fingerprint density at radius 2 is 1.46 bits per heavy atom. The summed E-state index contributed by atoms with van der Waals surface area (Å²) in [5, 5.41) is 1.59. The molecule has 220 valence electrons. The lowest BCUT2D eigenvalue weighted by molar-refractivity contribution is 0.0608. The quantitative estimate of drug-likeness (QED) is 0.250. The van der Waals surface area contributed by atoms with Crippen molar-refractivity contribution in [2.24, 2.45) is 0 Å². The highest BCUT2D eigenvalue weighted by Crippen LogP contribution is 2.42. The van der Waals surface area contributed by atoms with Crippen molar-refractivity contribution in [3.8, 4) is 11.5 Å². The van der Waals surface area contributed by atoms with E-state index >= 15 is 0 Å². The maximum atomic E-state index is 13.5. The Hall–Kier alpha value is -3.34. The van der Waals surface area contributed by atoms with Crippen molar-refractivity contribution < 1.29 is 31.8 Å². The van der Waals surface area contributed by atoms with Crippen LogP contribution in [0, 0.1) is 0 Å². The van der Waals surface area contributed by atoms with Crippen molar-refractivity contribution >= 4 is 40.5 Å². The van der Waals surface area contributed by atoms with Gasteiger partial charge in [0.05, 0.1) is 12.9 Å². The van der Waals surface area contributed by atoms with Gasteiger partial charge in [0.25, 0.3) is 0 Å². The minimum Gasteiger partial charge on any atom is -0.533 e. The van der Waals surface area contributed by atoms with Gasteiger partial charge in [0, 0.05) is 6.07 Å². The summed E-state index contributed by atoms with van der Waals surface area (Å²) < 4.78 is 51.0. The molecule has 3 aromatic carbocycles. The lowest BCUT2D eigenvalue weighted by Crippen LogP contribution is -2.69. The molecule has 0 unspecified atom stereocenters. The summed E-state index contributed by atoms with van der Waals surface area (Å²) in [6, 6.07) is 24.8. The van der Waals surface area contributed by atoms with E-state index in [1.54, 1.807) is 32.9 Å². The Labute approximate surface area is 244 Å². The topological polar surface area (TPSA) is 94.7 Å². The van der Waals surface area contributed by atoms with E-state index in [0.717, 1.165) is 16.6 Å². The molecule has 3 aromatic rings. The van der Waals surface area contributed by atoms with E-state index in [-0.39, 0.29) is 17.5 Å². The molecule has 0 aliphatic carbocycles. The molecule has 0 radical (unpaired) electrons. The predicted octanol–water partition coefficient (Wildman–Crippen LogP) is 5.10. The van der Waals surface area contributed by atoms with Crippen LogP contribution in [0.25, 0.3) is 0 Å². The van der Waals surface area contributed by atoms with Crippen LogP contribution in [0.3, 0.4) is 0 Å². The zero-order valence-electron chi connectivity index (χ0n) is 24.7. The van der Waals surface area contributed by atoms with Gasteiger partial charge in [0.2, 0.25) is 10.0 Å².